The summed E-state index contributed by atoms with van der Waals surface area (Å²) in [7, 11) is 1.62. The second-order valence-electron chi connectivity index (χ2n) is 3.46. The number of anilines is 1. The Kier molecular flexibility index (Phi) is 3.08. The Morgan fingerprint density at radius 3 is 2.50 bits per heavy atom. The van der Waals surface area contributed by atoms with Crippen LogP contribution in [0.25, 0.3) is 11.1 Å². The van der Waals surface area contributed by atoms with Crippen LogP contribution >= 0.6 is 22.9 Å². The lowest BCUT2D eigenvalue weighted by atomic mass is 10.1. The number of aryl methyl sites for hydroxylation is 1. The first-order valence-electron chi connectivity index (χ1n) is 4.81. The zero-order valence-corrected chi connectivity index (χ0v) is 10.7. The molecule has 1 aromatic carbocycles. The van der Waals surface area contributed by atoms with Gasteiger partial charge in [-0.3, -0.25) is 0 Å². The smallest absolute Gasteiger partial charge is 0.120 e. The molecule has 0 aliphatic carbocycles. The molecular weight excluding hydrogens is 242 g/mol. The number of benzene rings is 1. The van der Waals surface area contributed by atoms with E-state index in [1.807, 2.05) is 31.2 Å². The quantitative estimate of drug-likeness (QED) is 0.879. The summed E-state index contributed by atoms with van der Waals surface area (Å²) in [5, 5.41) is 1.49. The first-order chi connectivity index (χ1) is 7.61. The average molecular weight is 254 g/mol. The van der Waals surface area contributed by atoms with Gasteiger partial charge in [0.1, 0.15) is 5.75 Å². The van der Waals surface area contributed by atoms with Crippen LogP contribution in [0.4, 0.5) is 5.00 Å². The third-order valence-corrected chi connectivity index (χ3v) is 3.60. The van der Waals surface area contributed by atoms with Gasteiger partial charge >= 0.3 is 0 Å². The number of thiophene rings is 1. The van der Waals surface area contributed by atoms with Crippen molar-refractivity contribution >= 4 is 27.9 Å². The molecular formula is C12H12ClNOS. The van der Waals surface area contributed by atoms with E-state index < -0.39 is 0 Å². The molecule has 0 radical (unpaired) electrons. The van der Waals surface area contributed by atoms with Crippen LogP contribution < -0.4 is 10.5 Å². The van der Waals surface area contributed by atoms with Crippen LogP contribution in [0.5, 0.6) is 5.75 Å². The lowest BCUT2D eigenvalue weighted by molar-refractivity contribution is 0.415. The van der Waals surface area contributed by atoms with Crippen molar-refractivity contribution in [1.82, 2.24) is 0 Å². The highest BCUT2D eigenvalue weighted by Gasteiger charge is 2.10. The zero-order valence-electron chi connectivity index (χ0n) is 9.08. The molecule has 2 N–H and O–H groups in total. The summed E-state index contributed by atoms with van der Waals surface area (Å²) >= 11 is 7.78. The number of nitrogens with two attached hydrogens (primary N) is 1. The van der Waals surface area contributed by atoms with Crippen molar-refractivity contribution in [1.29, 1.82) is 0 Å². The van der Waals surface area contributed by atoms with E-state index >= 15 is 0 Å². The van der Waals surface area contributed by atoms with Crippen LogP contribution in [0.2, 0.25) is 5.02 Å². The van der Waals surface area contributed by atoms with Crippen molar-refractivity contribution < 1.29 is 4.74 Å². The summed E-state index contributed by atoms with van der Waals surface area (Å²) in [5.41, 5.74) is 7.86. The minimum absolute atomic E-state index is 0.681. The summed E-state index contributed by atoms with van der Waals surface area (Å²) in [5.74, 6) is 0.759. The van der Waals surface area contributed by atoms with E-state index in [1.54, 1.807) is 18.4 Å². The second kappa shape index (κ2) is 4.36. The van der Waals surface area contributed by atoms with Crippen LogP contribution in [0.1, 0.15) is 4.88 Å². The molecule has 0 saturated heterocycles. The Morgan fingerprint density at radius 2 is 2.00 bits per heavy atom. The molecule has 1 heterocycles. The van der Waals surface area contributed by atoms with Crippen LogP contribution in [-0.2, 0) is 0 Å². The number of ether oxygens (including phenoxy) is 1. The summed E-state index contributed by atoms with van der Waals surface area (Å²) in [6, 6.07) is 7.61. The number of rotatable bonds is 2. The van der Waals surface area contributed by atoms with Crippen molar-refractivity contribution in [3.05, 3.63) is 34.2 Å². The Labute approximate surface area is 104 Å². The molecule has 4 heteroatoms. The first kappa shape index (κ1) is 11.3. The van der Waals surface area contributed by atoms with E-state index in [-0.39, 0.29) is 0 Å². The lowest BCUT2D eigenvalue weighted by Gasteiger charge is -2.06. The summed E-state index contributed by atoms with van der Waals surface area (Å²) < 4.78 is 5.11. The molecule has 2 nitrogen and oxygen atoms in total. The van der Waals surface area contributed by atoms with Crippen LogP contribution in [-0.4, -0.2) is 7.11 Å². The molecule has 0 amide bonds. The fraction of sp³-hybridized carbons (Fsp3) is 0.167. The van der Waals surface area contributed by atoms with Gasteiger partial charge in [-0.1, -0.05) is 11.6 Å². The Hall–Kier alpha value is -1.19. The monoisotopic (exact) mass is 253 g/mol. The van der Waals surface area contributed by atoms with Crippen molar-refractivity contribution in [2.75, 3.05) is 12.8 Å². The standard InChI is InChI=1S/C12H12ClNOS/c1-7-10(6-12(14)16-7)9-4-3-8(15-2)5-11(9)13/h3-6H,14H2,1-2H3. The molecule has 0 spiro atoms. The number of hydrogen-bond acceptors (Lipinski definition) is 3. The van der Waals surface area contributed by atoms with Gasteiger partial charge in [-0.25, -0.2) is 0 Å². The van der Waals surface area contributed by atoms with Crippen LogP contribution in [0.15, 0.2) is 24.3 Å². The molecule has 2 aromatic rings. The van der Waals surface area contributed by atoms with Crippen molar-refractivity contribution in [2.24, 2.45) is 0 Å². The fourth-order valence-electron chi connectivity index (χ4n) is 1.61. The predicted octanol–water partition coefficient (Wildman–Crippen LogP) is 3.97. The van der Waals surface area contributed by atoms with E-state index in [4.69, 9.17) is 22.1 Å². The molecule has 2 rings (SSSR count). The minimum Gasteiger partial charge on any atom is -0.497 e. The maximum Gasteiger partial charge on any atom is 0.120 e. The molecule has 0 atom stereocenters. The summed E-state index contributed by atoms with van der Waals surface area (Å²) in [4.78, 5) is 1.17. The summed E-state index contributed by atoms with van der Waals surface area (Å²) in [6.07, 6.45) is 0. The number of nitrogen functional groups attached to an aromatic ring is 1. The topological polar surface area (TPSA) is 35.2 Å². The minimum atomic E-state index is 0.681. The SMILES string of the molecule is COc1ccc(-c2cc(N)sc2C)c(Cl)c1. The zero-order chi connectivity index (χ0) is 11.7. The van der Waals surface area contributed by atoms with E-state index in [9.17, 15) is 0 Å². The van der Waals surface area contributed by atoms with Gasteiger partial charge in [-0.15, -0.1) is 11.3 Å². The van der Waals surface area contributed by atoms with Crippen LogP contribution in [0, 0.1) is 6.92 Å². The maximum absolute atomic E-state index is 6.21. The number of hydrogen-bond donors (Lipinski definition) is 1. The lowest BCUT2D eigenvalue weighted by Crippen LogP contribution is -1.84. The molecule has 1 aromatic heterocycles. The number of methoxy groups -OCH3 is 1. The van der Waals surface area contributed by atoms with Crippen molar-refractivity contribution in [2.45, 2.75) is 6.92 Å². The normalized spacial score (nSPS) is 10.4. The predicted molar refractivity (Wildman–Crippen MR) is 70.5 cm³/mol. The first-order valence-corrected chi connectivity index (χ1v) is 6.01. The largest absolute Gasteiger partial charge is 0.497 e. The van der Waals surface area contributed by atoms with Gasteiger partial charge in [0, 0.05) is 10.4 Å². The molecule has 16 heavy (non-hydrogen) atoms. The van der Waals surface area contributed by atoms with E-state index in [1.165, 1.54) is 4.88 Å². The highest BCUT2D eigenvalue weighted by molar-refractivity contribution is 7.16. The highest BCUT2D eigenvalue weighted by atomic mass is 35.5. The molecule has 0 unspecified atom stereocenters. The van der Waals surface area contributed by atoms with E-state index in [0.29, 0.717) is 5.02 Å². The Morgan fingerprint density at radius 1 is 1.25 bits per heavy atom. The van der Waals surface area contributed by atoms with Gasteiger partial charge in [-0.2, -0.15) is 0 Å². The molecule has 0 bridgehead atoms. The van der Waals surface area contributed by atoms with E-state index in [0.717, 1.165) is 21.9 Å². The third-order valence-electron chi connectivity index (χ3n) is 2.40. The molecule has 0 fully saturated rings. The summed E-state index contributed by atoms with van der Waals surface area (Å²) in [6.45, 7) is 2.04. The second-order valence-corrected chi connectivity index (χ2v) is 5.16. The van der Waals surface area contributed by atoms with Gasteiger partial charge in [0.25, 0.3) is 0 Å². The van der Waals surface area contributed by atoms with E-state index in [2.05, 4.69) is 0 Å². The average Bonchev–Trinajstić information content (AvgIpc) is 2.57. The maximum atomic E-state index is 6.21. The van der Waals surface area contributed by atoms with Gasteiger partial charge < -0.3 is 10.5 Å². The third kappa shape index (κ3) is 2.01. The molecule has 0 saturated carbocycles. The van der Waals surface area contributed by atoms with Gasteiger partial charge in [0.05, 0.1) is 17.1 Å². The van der Waals surface area contributed by atoms with Crippen molar-refractivity contribution in [3.63, 3.8) is 0 Å². The Balaban J connectivity index is 2.52. The molecule has 0 aliphatic rings. The molecule has 84 valence electrons. The van der Waals surface area contributed by atoms with Crippen LogP contribution in [0.3, 0.4) is 0 Å². The van der Waals surface area contributed by atoms with Crippen molar-refractivity contribution in [3.8, 4) is 16.9 Å². The van der Waals surface area contributed by atoms with Gasteiger partial charge in [0.15, 0.2) is 0 Å². The molecule has 0 aliphatic heterocycles. The fourth-order valence-corrected chi connectivity index (χ4v) is 2.70. The number of halogens is 1. The Bertz CT molecular complexity index is 522. The highest BCUT2D eigenvalue weighted by Crippen LogP contribution is 2.37. The van der Waals surface area contributed by atoms with Gasteiger partial charge in [0.2, 0.25) is 0 Å². The van der Waals surface area contributed by atoms with Gasteiger partial charge in [-0.05, 0) is 36.8 Å².